The minimum Gasteiger partial charge on any atom is -0.491 e. The summed E-state index contributed by atoms with van der Waals surface area (Å²) < 4.78 is 33.3. The lowest BCUT2D eigenvalue weighted by molar-refractivity contribution is 0.453. The second kappa shape index (κ2) is 8.79. The van der Waals surface area contributed by atoms with Gasteiger partial charge >= 0.3 is 0 Å². The Hall–Kier alpha value is -3.51. The number of H-pyrrole nitrogens is 1. The van der Waals surface area contributed by atoms with E-state index in [4.69, 9.17) is 5.26 Å². The molecule has 2 aromatic rings. The van der Waals surface area contributed by atoms with E-state index < -0.39 is 27.2 Å². The van der Waals surface area contributed by atoms with Crippen molar-refractivity contribution in [1.82, 2.24) is 15.3 Å². The molecule has 1 aromatic carbocycles. The lowest BCUT2D eigenvalue weighted by Crippen LogP contribution is -2.27. The van der Waals surface area contributed by atoms with Gasteiger partial charge in [0.1, 0.15) is 4.91 Å². The van der Waals surface area contributed by atoms with Gasteiger partial charge in [-0.25, -0.2) is 0 Å². The van der Waals surface area contributed by atoms with Crippen LogP contribution in [0, 0.1) is 11.5 Å². The molecule has 2 heterocycles. The van der Waals surface area contributed by atoms with Gasteiger partial charge in [-0.15, -0.1) is 16.9 Å². The van der Waals surface area contributed by atoms with E-state index in [-0.39, 0.29) is 22.3 Å². The standard InChI is InChI=1S/C19H17N7O5S2/c1-9-2-7-12-14(15(9)33(29,30)31)32-18(22-12)10-3-5-11(6-4-10)25-26-13-16(27)23-19(21-8-20)24-17(13)28/h2-6,12,18,22H,7H2,1H3,(H,29,30,31)(H3,21,23,24,27,28). The van der Waals surface area contributed by atoms with Crippen molar-refractivity contribution in [2.75, 3.05) is 5.32 Å². The Labute approximate surface area is 191 Å². The molecule has 0 amide bonds. The van der Waals surface area contributed by atoms with Crippen LogP contribution < -0.4 is 16.2 Å². The maximum Gasteiger partial charge on any atom is 0.295 e. The van der Waals surface area contributed by atoms with Crippen LogP contribution in [0.3, 0.4) is 0 Å². The number of aromatic hydroxyl groups is 1. The number of nitrogens with zero attached hydrogens (tertiary/aromatic N) is 4. The number of azo groups is 1. The summed E-state index contributed by atoms with van der Waals surface area (Å²) in [6, 6.07) is 6.63. The number of hydrogen-bond donors (Lipinski definition) is 5. The lowest BCUT2D eigenvalue weighted by atomic mass is 10.0. The van der Waals surface area contributed by atoms with Crippen molar-refractivity contribution >= 4 is 39.2 Å². The number of anilines is 1. The fourth-order valence-electron chi connectivity index (χ4n) is 3.45. The summed E-state index contributed by atoms with van der Waals surface area (Å²) in [7, 11) is -4.34. The molecule has 1 aliphatic heterocycles. The zero-order valence-corrected chi connectivity index (χ0v) is 18.6. The molecule has 1 aliphatic carbocycles. The van der Waals surface area contributed by atoms with E-state index in [0.29, 0.717) is 22.6 Å². The number of allylic oxidation sites excluding steroid dienone is 1. The Morgan fingerprint density at radius 3 is 2.67 bits per heavy atom. The second-order valence-electron chi connectivity index (χ2n) is 7.12. The Balaban J connectivity index is 1.53. The second-order valence-corrected chi connectivity index (χ2v) is 9.63. The molecular weight excluding hydrogens is 470 g/mol. The van der Waals surface area contributed by atoms with Gasteiger partial charge in [0.15, 0.2) is 6.19 Å². The number of hydrogen-bond acceptors (Lipinski definition) is 11. The first-order chi connectivity index (χ1) is 15.7. The summed E-state index contributed by atoms with van der Waals surface area (Å²) in [5.74, 6) is -0.902. The van der Waals surface area contributed by atoms with Crippen molar-refractivity contribution < 1.29 is 18.1 Å². The van der Waals surface area contributed by atoms with Gasteiger partial charge in [-0.05, 0) is 36.6 Å². The molecule has 170 valence electrons. The van der Waals surface area contributed by atoms with Crippen molar-refractivity contribution in [3.05, 3.63) is 61.6 Å². The highest BCUT2D eigenvalue weighted by molar-refractivity contribution is 8.04. The van der Waals surface area contributed by atoms with Gasteiger partial charge in [0.25, 0.3) is 15.7 Å². The molecule has 1 fully saturated rings. The first-order valence-electron chi connectivity index (χ1n) is 9.49. The van der Waals surface area contributed by atoms with Crippen molar-refractivity contribution in [2.45, 2.75) is 24.8 Å². The Morgan fingerprint density at radius 1 is 1.30 bits per heavy atom. The number of benzene rings is 1. The van der Waals surface area contributed by atoms with Crippen molar-refractivity contribution in [2.24, 2.45) is 10.2 Å². The highest BCUT2D eigenvalue weighted by Crippen LogP contribution is 2.48. The zero-order valence-electron chi connectivity index (χ0n) is 17.0. The molecule has 12 nitrogen and oxygen atoms in total. The van der Waals surface area contributed by atoms with Gasteiger partial charge < -0.3 is 5.11 Å². The Morgan fingerprint density at radius 2 is 2.03 bits per heavy atom. The molecule has 2 aliphatic rings. The SMILES string of the molecule is CC1=CCC2NC(c3ccc(N=Nc4c(O)nc(NC#N)[nH]c4=O)cc3)SC2=C1S(=O)(=O)O. The predicted octanol–water partition coefficient (Wildman–Crippen LogP) is 2.94. The monoisotopic (exact) mass is 487 g/mol. The van der Waals surface area contributed by atoms with Crippen LogP contribution >= 0.6 is 11.8 Å². The summed E-state index contributed by atoms with van der Waals surface area (Å²) in [6.45, 7) is 1.66. The van der Waals surface area contributed by atoms with Gasteiger partial charge in [0, 0.05) is 10.9 Å². The Bertz CT molecular complexity index is 1410. The highest BCUT2D eigenvalue weighted by Gasteiger charge is 2.38. The smallest absolute Gasteiger partial charge is 0.295 e. The summed E-state index contributed by atoms with van der Waals surface area (Å²) in [5, 5.41) is 31.3. The molecule has 0 bridgehead atoms. The molecule has 2 atom stereocenters. The Kier molecular flexibility index (Phi) is 6.04. The summed E-state index contributed by atoms with van der Waals surface area (Å²) in [4.78, 5) is 18.4. The first-order valence-corrected chi connectivity index (χ1v) is 11.8. The van der Waals surface area contributed by atoms with Crippen LogP contribution in [-0.4, -0.2) is 34.1 Å². The fraction of sp³-hybridized carbons (Fsp3) is 0.211. The van der Waals surface area contributed by atoms with E-state index in [2.05, 4.69) is 30.8 Å². The quantitative estimate of drug-likeness (QED) is 0.181. The molecule has 1 aromatic heterocycles. The average molecular weight is 488 g/mol. The third kappa shape index (κ3) is 4.66. The number of nitrogens with one attached hydrogen (secondary N) is 3. The minimum atomic E-state index is -4.34. The third-order valence-electron chi connectivity index (χ3n) is 4.93. The minimum absolute atomic E-state index is 0.0428. The molecule has 0 spiro atoms. The van der Waals surface area contributed by atoms with Crippen LogP contribution in [0.2, 0.25) is 0 Å². The van der Waals surface area contributed by atoms with Crippen LogP contribution in [0.4, 0.5) is 17.3 Å². The summed E-state index contributed by atoms with van der Waals surface area (Å²) in [6.07, 6.45) is 3.97. The van der Waals surface area contributed by atoms with E-state index in [0.717, 1.165) is 5.56 Å². The largest absolute Gasteiger partial charge is 0.491 e. The van der Waals surface area contributed by atoms with Crippen LogP contribution in [0.25, 0.3) is 0 Å². The maximum atomic E-state index is 12.0. The van der Waals surface area contributed by atoms with Gasteiger partial charge in [-0.1, -0.05) is 18.2 Å². The molecule has 0 radical (unpaired) electrons. The highest BCUT2D eigenvalue weighted by atomic mass is 32.2. The number of rotatable bonds is 5. The number of aromatic nitrogens is 2. The summed E-state index contributed by atoms with van der Waals surface area (Å²) >= 11 is 1.33. The van der Waals surface area contributed by atoms with E-state index in [1.54, 1.807) is 43.5 Å². The molecule has 14 heteroatoms. The van der Waals surface area contributed by atoms with E-state index >= 15 is 0 Å². The van der Waals surface area contributed by atoms with E-state index in [9.17, 15) is 22.9 Å². The van der Waals surface area contributed by atoms with E-state index in [1.165, 1.54) is 11.8 Å². The molecule has 0 saturated carbocycles. The number of fused-ring (bicyclic) bond motifs is 1. The number of aromatic amines is 1. The molecule has 4 rings (SSSR count). The third-order valence-corrected chi connectivity index (χ3v) is 7.50. The van der Waals surface area contributed by atoms with Gasteiger partial charge in [0.05, 0.1) is 11.1 Å². The average Bonchev–Trinajstić information content (AvgIpc) is 3.16. The van der Waals surface area contributed by atoms with Gasteiger partial charge in [-0.2, -0.15) is 23.8 Å². The molecule has 2 unspecified atom stereocenters. The number of thioether (sulfide) groups is 1. The number of nitriles is 1. The van der Waals surface area contributed by atoms with Crippen LogP contribution in [0.5, 0.6) is 5.88 Å². The van der Waals surface area contributed by atoms with Crippen LogP contribution in [0.15, 0.2) is 60.7 Å². The van der Waals surface area contributed by atoms with Crippen molar-refractivity contribution in [3.63, 3.8) is 0 Å². The van der Waals surface area contributed by atoms with Crippen molar-refractivity contribution in [1.29, 1.82) is 5.26 Å². The van der Waals surface area contributed by atoms with Gasteiger partial charge in [-0.3, -0.25) is 25.0 Å². The predicted molar refractivity (Wildman–Crippen MR) is 121 cm³/mol. The molecule has 33 heavy (non-hydrogen) atoms. The maximum absolute atomic E-state index is 12.0. The first kappa shape index (κ1) is 22.7. The fourth-order valence-corrected chi connectivity index (χ4v) is 6.17. The molecule has 5 N–H and O–H groups in total. The van der Waals surface area contributed by atoms with E-state index in [1.807, 2.05) is 0 Å². The topological polar surface area (TPSA) is 193 Å². The lowest BCUT2D eigenvalue weighted by Gasteiger charge is -2.19. The van der Waals surface area contributed by atoms with Crippen LogP contribution in [-0.2, 0) is 10.1 Å². The zero-order chi connectivity index (χ0) is 23.8. The summed E-state index contributed by atoms with van der Waals surface area (Å²) in [5.41, 5.74) is 0.586. The molecule has 1 saturated heterocycles. The van der Waals surface area contributed by atoms with Gasteiger partial charge in [0.2, 0.25) is 17.5 Å². The molecular formula is C19H17N7O5S2. The van der Waals surface area contributed by atoms with Crippen molar-refractivity contribution in [3.8, 4) is 12.1 Å². The van der Waals surface area contributed by atoms with Crippen LogP contribution in [0.1, 0.15) is 24.3 Å². The normalized spacial score (nSPS) is 20.5.